The van der Waals surface area contributed by atoms with Crippen LogP contribution < -0.4 is 0 Å². The van der Waals surface area contributed by atoms with E-state index in [4.69, 9.17) is 11.6 Å². The van der Waals surface area contributed by atoms with E-state index in [0.717, 1.165) is 28.3 Å². The Morgan fingerprint density at radius 3 is 2.72 bits per heavy atom. The lowest BCUT2D eigenvalue weighted by atomic mass is 10.1. The number of rotatable bonds is 2. The molecule has 18 heavy (non-hydrogen) atoms. The molecular weight excluding hydrogens is 244 g/mol. The van der Waals surface area contributed by atoms with Gasteiger partial charge in [0.25, 0.3) is 0 Å². The molecule has 0 radical (unpaired) electrons. The minimum atomic E-state index is 0.770. The molecule has 0 aliphatic heterocycles. The van der Waals surface area contributed by atoms with Crippen LogP contribution >= 0.6 is 11.6 Å². The molecule has 0 amide bonds. The van der Waals surface area contributed by atoms with Crippen molar-refractivity contribution < 1.29 is 0 Å². The molecule has 0 atom stereocenters. The zero-order chi connectivity index (χ0) is 12.5. The van der Waals surface area contributed by atoms with E-state index in [9.17, 15) is 0 Å². The van der Waals surface area contributed by atoms with Crippen molar-refractivity contribution in [3.05, 3.63) is 64.9 Å². The van der Waals surface area contributed by atoms with Crippen LogP contribution in [0.5, 0.6) is 0 Å². The van der Waals surface area contributed by atoms with Crippen LogP contribution in [0.1, 0.15) is 11.4 Å². The van der Waals surface area contributed by atoms with Crippen LogP contribution in [0.25, 0.3) is 11.0 Å². The van der Waals surface area contributed by atoms with Gasteiger partial charge in [-0.3, -0.25) is 0 Å². The van der Waals surface area contributed by atoms with E-state index in [-0.39, 0.29) is 0 Å². The molecule has 3 heteroatoms. The van der Waals surface area contributed by atoms with Gasteiger partial charge in [0.15, 0.2) is 0 Å². The van der Waals surface area contributed by atoms with Crippen molar-refractivity contribution in [2.75, 3.05) is 0 Å². The highest BCUT2D eigenvalue weighted by atomic mass is 35.5. The zero-order valence-corrected chi connectivity index (χ0v) is 10.9. The van der Waals surface area contributed by atoms with Crippen LogP contribution in [0.4, 0.5) is 0 Å². The highest BCUT2D eigenvalue weighted by Gasteiger charge is 2.07. The maximum atomic E-state index is 6.00. The molecule has 90 valence electrons. The molecular formula is C15H13ClN2. The van der Waals surface area contributed by atoms with Gasteiger partial charge >= 0.3 is 0 Å². The number of benzene rings is 2. The predicted octanol–water partition coefficient (Wildman–Crippen LogP) is 3.82. The normalized spacial score (nSPS) is 11.0. The number of para-hydroxylation sites is 2. The van der Waals surface area contributed by atoms with Crippen LogP contribution in [0.3, 0.4) is 0 Å². The van der Waals surface area contributed by atoms with Gasteiger partial charge in [0.05, 0.1) is 11.0 Å². The average Bonchev–Trinajstić information content (AvgIpc) is 2.67. The van der Waals surface area contributed by atoms with Crippen molar-refractivity contribution in [1.29, 1.82) is 0 Å². The maximum Gasteiger partial charge on any atom is 0.114 e. The van der Waals surface area contributed by atoms with Crippen molar-refractivity contribution >= 4 is 22.6 Å². The molecule has 0 unspecified atom stereocenters. The molecule has 0 N–H and O–H groups in total. The number of nitrogens with zero attached hydrogens (tertiary/aromatic N) is 2. The van der Waals surface area contributed by atoms with E-state index in [1.165, 1.54) is 5.56 Å². The lowest BCUT2D eigenvalue weighted by molar-refractivity contribution is 0.845. The van der Waals surface area contributed by atoms with E-state index in [0.29, 0.717) is 0 Å². The van der Waals surface area contributed by atoms with E-state index >= 15 is 0 Å². The largest absolute Gasteiger partial charge is 0.331 e. The Morgan fingerprint density at radius 1 is 1.11 bits per heavy atom. The highest BCUT2D eigenvalue weighted by molar-refractivity contribution is 6.30. The van der Waals surface area contributed by atoms with E-state index < -0.39 is 0 Å². The summed E-state index contributed by atoms with van der Waals surface area (Å²) >= 11 is 6.00. The first kappa shape index (κ1) is 11.3. The van der Waals surface area contributed by atoms with Crippen molar-refractivity contribution in [2.45, 2.75) is 6.42 Å². The predicted molar refractivity (Wildman–Crippen MR) is 75.0 cm³/mol. The molecule has 1 heterocycles. The molecule has 0 spiro atoms. The Kier molecular flexibility index (Phi) is 2.80. The van der Waals surface area contributed by atoms with Crippen LogP contribution in [-0.4, -0.2) is 9.55 Å². The second kappa shape index (κ2) is 4.46. The minimum Gasteiger partial charge on any atom is -0.331 e. The summed E-state index contributed by atoms with van der Waals surface area (Å²) in [7, 11) is 2.05. The Bertz CT molecular complexity index is 701. The quantitative estimate of drug-likeness (QED) is 0.682. The molecule has 1 aromatic heterocycles. The van der Waals surface area contributed by atoms with Gasteiger partial charge in [0, 0.05) is 18.5 Å². The van der Waals surface area contributed by atoms with Gasteiger partial charge in [-0.05, 0) is 29.8 Å². The van der Waals surface area contributed by atoms with Gasteiger partial charge < -0.3 is 4.57 Å². The van der Waals surface area contributed by atoms with Crippen LogP contribution in [0, 0.1) is 0 Å². The fourth-order valence-electron chi connectivity index (χ4n) is 2.18. The van der Waals surface area contributed by atoms with Gasteiger partial charge in [-0.2, -0.15) is 0 Å². The van der Waals surface area contributed by atoms with E-state index in [1.807, 2.05) is 36.4 Å². The first-order chi connectivity index (χ1) is 8.74. The number of hydrogen-bond donors (Lipinski definition) is 0. The SMILES string of the molecule is Cn1c(Cc2cccc(Cl)c2)nc2ccccc21. The standard InChI is InChI=1S/C15H13ClN2/c1-18-14-8-3-2-7-13(14)17-15(18)10-11-5-4-6-12(16)9-11/h2-9H,10H2,1H3. The lowest BCUT2D eigenvalue weighted by Crippen LogP contribution is -1.98. The molecule has 2 nitrogen and oxygen atoms in total. The number of aromatic nitrogens is 2. The summed E-state index contributed by atoms with van der Waals surface area (Å²) in [6.45, 7) is 0. The number of hydrogen-bond acceptors (Lipinski definition) is 1. The van der Waals surface area contributed by atoms with Gasteiger partial charge in [-0.15, -0.1) is 0 Å². The third kappa shape index (κ3) is 2.00. The fraction of sp³-hybridized carbons (Fsp3) is 0.133. The topological polar surface area (TPSA) is 17.8 Å². The average molecular weight is 257 g/mol. The summed E-state index contributed by atoms with van der Waals surface area (Å²) in [6, 6.07) is 16.1. The molecule has 0 bridgehead atoms. The van der Waals surface area contributed by atoms with Crippen molar-refractivity contribution in [2.24, 2.45) is 7.05 Å². The smallest absolute Gasteiger partial charge is 0.114 e. The highest BCUT2D eigenvalue weighted by Crippen LogP contribution is 2.18. The minimum absolute atomic E-state index is 0.770. The van der Waals surface area contributed by atoms with Crippen LogP contribution in [0.15, 0.2) is 48.5 Å². The molecule has 0 fully saturated rings. The first-order valence-corrected chi connectivity index (χ1v) is 6.26. The van der Waals surface area contributed by atoms with Gasteiger partial charge in [-0.1, -0.05) is 35.9 Å². The second-order valence-corrected chi connectivity index (χ2v) is 4.82. The van der Waals surface area contributed by atoms with Crippen molar-refractivity contribution in [1.82, 2.24) is 9.55 Å². The maximum absolute atomic E-state index is 6.00. The fourth-order valence-corrected chi connectivity index (χ4v) is 2.40. The molecule has 3 aromatic rings. The molecule has 3 rings (SSSR count). The first-order valence-electron chi connectivity index (χ1n) is 5.89. The molecule has 2 aromatic carbocycles. The number of imidazole rings is 1. The summed E-state index contributed by atoms with van der Waals surface area (Å²) < 4.78 is 2.14. The third-order valence-electron chi connectivity index (χ3n) is 3.13. The Morgan fingerprint density at radius 2 is 1.94 bits per heavy atom. The molecule has 0 saturated heterocycles. The summed E-state index contributed by atoms with van der Waals surface area (Å²) in [6.07, 6.45) is 0.797. The van der Waals surface area contributed by atoms with Crippen LogP contribution in [-0.2, 0) is 13.5 Å². The molecule has 0 saturated carbocycles. The molecule has 0 aliphatic rings. The van der Waals surface area contributed by atoms with Crippen molar-refractivity contribution in [3.63, 3.8) is 0 Å². The monoisotopic (exact) mass is 256 g/mol. The lowest BCUT2D eigenvalue weighted by Gasteiger charge is -2.03. The summed E-state index contributed by atoms with van der Waals surface area (Å²) in [5.74, 6) is 1.05. The third-order valence-corrected chi connectivity index (χ3v) is 3.37. The zero-order valence-electron chi connectivity index (χ0n) is 10.1. The Labute approximate surface area is 111 Å². The number of fused-ring (bicyclic) bond motifs is 1. The summed E-state index contributed by atoms with van der Waals surface area (Å²) in [5, 5.41) is 0.770. The van der Waals surface area contributed by atoms with Gasteiger partial charge in [0.2, 0.25) is 0 Å². The van der Waals surface area contributed by atoms with Crippen LogP contribution in [0.2, 0.25) is 5.02 Å². The molecule has 0 aliphatic carbocycles. The van der Waals surface area contributed by atoms with Gasteiger partial charge in [-0.25, -0.2) is 4.98 Å². The Balaban J connectivity index is 2.02. The Hall–Kier alpha value is -1.80. The summed E-state index contributed by atoms with van der Waals surface area (Å²) in [4.78, 5) is 4.66. The van der Waals surface area contributed by atoms with Crippen molar-refractivity contribution in [3.8, 4) is 0 Å². The second-order valence-electron chi connectivity index (χ2n) is 4.38. The summed E-state index contributed by atoms with van der Waals surface area (Å²) in [5.41, 5.74) is 3.38. The van der Waals surface area contributed by atoms with E-state index in [1.54, 1.807) is 0 Å². The number of halogens is 1. The number of aryl methyl sites for hydroxylation is 1. The van der Waals surface area contributed by atoms with Gasteiger partial charge in [0.1, 0.15) is 5.82 Å². The van der Waals surface area contributed by atoms with E-state index in [2.05, 4.69) is 28.7 Å².